The molecule has 1 aromatic rings. The molecule has 0 aromatic carbocycles. The van der Waals surface area contributed by atoms with E-state index in [1.165, 1.54) is 11.3 Å². The smallest absolute Gasteiger partial charge is 0.485 e. The van der Waals surface area contributed by atoms with Crippen molar-refractivity contribution in [3.05, 3.63) is 16.0 Å². The summed E-state index contributed by atoms with van der Waals surface area (Å²) in [5.74, 6) is 1.28. The number of halogens is 1. The quantitative estimate of drug-likeness (QED) is 0.774. The lowest BCUT2D eigenvalue weighted by molar-refractivity contribution is 0.00578. The molecule has 1 aromatic heterocycles. The summed E-state index contributed by atoms with van der Waals surface area (Å²) in [6.07, 6.45) is 0. The number of ether oxygens (including phenoxy) is 2. The highest BCUT2D eigenvalue weighted by Crippen LogP contribution is 2.46. The van der Waals surface area contributed by atoms with Crippen molar-refractivity contribution < 1.29 is 23.2 Å². The molecule has 0 amide bonds. The van der Waals surface area contributed by atoms with Gasteiger partial charge in [-0.3, -0.25) is 0 Å². The molecule has 22 heavy (non-hydrogen) atoms. The van der Waals surface area contributed by atoms with Gasteiger partial charge in [-0.15, -0.1) is 11.3 Å². The molecule has 120 valence electrons. The summed E-state index contributed by atoms with van der Waals surface area (Å²) >= 11 is 1.40. The molecule has 0 radical (unpaired) electrons. The fourth-order valence-electron chi connectivity index (χ4n) is 2.35. The van der Waals surface area contributed by atoms with Gasteiger partial charge in [0.2, 0.25) is 0 Å². The Labute approximate surface area is 134 Å². The summed E-state index contributed by atoms with van der Waals surface area (Å²) < 4.78 is 37.5. The molecule has 3 rings (SSSR count). The lowest BCUT2D eigenvalue weighted by Crippen LogP contribution is -2.41. The average Bonchev–Trinajstić information content (AvgIpc) is 2.96. The van der Waals surface area contributed by atoms with Crippen LogP contribution in [0.5, 0.6) is 11.5 Å². The van der Waals surface area contributed by atoms with Crippen molar-refractivity contribution in [2.75, 3.05) is 13.2 Å². The van der Waals surface area contributed by atoms with Gasteiger partial charge in [0.15, 0.2) is 11.5 Å². The zero-order valence-corrected chi connectivity index (χ0v) is 14.3. The third-order valence-corrected chi connectivity index (χ3v) is 5.52. The van der Waals surface area contributed by atoms with Crippen LogP contribution in [0.15, 0.2) is 11.1 Å². The van der Waals surface area contributed by atoms with Crippen molar-refractivity contribution in [1.29, 1.82) is 0 Å². The Kier molecular flexibility index (Phi) is 3.78. The molecule has 7 heteroatoms. The maximum Gasteiger partial charge on any atom is 0.525 e. The molecule has 0 spiro atoms. The van der Waals surface area contributed by atoms with Crippen molar-refractivity contribution >= 4 is 24.0 Å². The van der Waals surface area contributed by atoms with Crippen LogP contribution in [-0.2, 0) is 9.31 Å². The van der Waals surface area contributed by atoms with Gasteiger partial charge < -0.3 is 18.8 Å². The molecule has 2 aliphatic rings. The fourth-order valence-corrected chi connectivity index (χ4v) is 3.29. The summed E-state index contributed by atoms with van der Waals surface area (Å²) in [5, 5.41) is 1.84. The maximum atomic E-state index is 14.9. The molecule has 4 nitrogen and oxygen atoms in total. The fraction of sp³-hybridized carbons (Fsp3) is 0.600. The van der Waals surface area contributed by atoms with Gasteiger partial charge in [-0.2, -0.15) is 0 Å². The van der Waals surface area contributed by atoms with Crippen molar-refractivity contribution in [1.82, 2.24) is 0 Å². The van der Waals surface area contributed by atoms with Crippen LogP contribution in [0.4, 0.5) is 4.39 Å². The second-order valence-corrected chi connectivity index (χ2v) is 7.40. The minimum Gasteiger partial charge on any atom is -0.485 e. The topological polar surface area (TPSA) is 36.9 Å². The lowest BCUT2D eigenvalue weighted by Gasteiger charge is -2.32. The van der Waals surface area contributed by atoms with Crippen LogP contribution >= 0.6 is 11.3 Å². The zero-order chi connectivity index (χ0) is 16.1. The standard InChI is InChI=1S/C15H20BFO4S/c1-9(12-11-10(8-22-12)18-6-7-19-11)13(17)16-20-14(2,3)15(4,5)21-16/h8H,6-7H2,1-5H3. The predicted octanol–water partition coefficient (Wildman–Crippen LogP) is 3.85. The van der Waals surface area contributed by atoms with Crippen molar-refractivity contribution in [2.24, 2.45) is 0 Å². The summed E-state index contributed by atoms with van der Waals surface area (Å²) in [6.45, 7) is 10.3. The monoisotopic (exact) mass is 326 g/mol. The SMILES string of the molecule is CC(=C(F)B1OC(C)(C)C(C)(C)O1)c1scc2c1OCCO2. The minimum atomic E-state index is -0.993. The van der Waals surface area contributed by atoms with Crippen LogP contribution in [-0.4, -0.2) is 31.5 Å². The summed E-state index contributed by atoms with van der Waals surface area (Å²) in [6, 6.07) is 0. The maximum absolute atomic E-state index is 14.9. The Morgan fingerprint density at radius 1 is 1.14 bits per heavy atom. The third-order valence-electron chi connectivity index (χ3n) is 4.46. The highest BCUT2D eigenvalue weighted by atomic mass is 32.1. The number of rotatable bonds is 2. The van der Waals surface area contributed by atoms with Crippen molar-refractivity contribution in [3.63, 3.8) is 0 Å². The summed E-state index contributed by atoms with van der Waals surface area (Å²) in [4.78, 5) is 0.724. The van der Waals surface area contributed by atoms with Gasteiger partial charge in [-0.1, -0.05) is 0 Å². The number of allylic oxidation sites excluding steroid dienone is 1. The van der Waals surface area contributed by atoms with Gasteiger partial charge >= 0.3 is 7.12 Å². The molecule has 1 fully saturated rings. The number of hydrogen-bond acceptors (Lipinski definition) is 5. The van der Waals surface area contributed by atoms with E-state index in [-0.39, 0.29) is 0 Å². The molecule has 1 saturated heterocycles. The van der Waals surface area contributed by atoms with Gasteiger partial charge in [0.25, 0.3) is 0 Å². The van der Waals surface area contributed by atoms with E-state index in [0.29, 0.717) is 30.3 Å². The molecule has 2 aliphatic heterocycles. The van der Waals surface area contributed by atoms with Crippen LogP contribution in [0.25, 0.3) is 5.57 Å². The average molecular weight is 326 g/mol. The van der Waals surface area contributed by atoms with Crippen LogP contribution in [0.2, 0.25) is 0 Å². The Hall–Kier alpha value is -1.05. The molecule has 0 aliphatic carbocycles. The lowest BCUT2D eigenvalue weighted by atomic mass is 9.84. The van der Waals surface area contributed by atoms with Gasteiger partial charge in [0.1, 0.15) is 18.9 Å². The Morgan fingerprint density at radius 2 is 1.73 bits per heavy atom. The molecule has 3 heterocycles. The van der Waals surface area contributed by atoms with Crippen molar-refractivity contribution in [3.8, 4) is 11.5 Å². The van der Waals surface area contributed by atoms with Crippen LogP contribution in [0.3, 0.4) is 0 Å². The van der Waals surface area contributed by atoms with Gasteiger partial charge in [-0.05, 0) is 40.2 Å². The predicted molar refractivity (Wildman–Crippen MR) is 85.1 cm³/mol. The molecule has 0 N–H and O–H groups in total. The van der Waals surface area contributed by atoms with E-state index >= 15 is 0 Å². The third kappa shape index (κ3) is 2.45. The minimum absolute atomic E-state index is 0.419. The number of fused-ring (bicyclic) bond motifs is 1. The number of hydrogen-bond donors (Lipinski definition) is 0. The molecular weight excluding hydrogens is 306 g/mol. The van der Waals surface area contributed by atoms with Gasteiger partial charge in [0.05, 0.1) is 16.1 Å². The van der Waals surface area contributed by atoms with Crippen molar-refractivity contribution in [2.45, 2.75) is 45.8 Å². The highest BCUT2D eigenvalue weighted by molar-refractivity contribution is 7.11. The molecule has 0 saturated carbocycles. The highest BCUT2D eigenvalue weighted by Gasteiger charge is 2.53. The van der Waals surface area contributed by atoms with E-state index in [4.69, 9.17) is 18.8 Å². The number of thiophene rings is 1. The second-order valence-electron chi connectivity index (χ2n) is 6.52. The largest absolute Gasteiger partial charge is 0.525 e. The van der Waals surface area contributed by atoms with E-state index in [0.717, 1.165) is 4.88 Å². The Bertz CT molecular complexity index is 607. The van der Waals surface area contributed by atoms with Crippen LogP contribution in [0, 0.1) is 0 Å². The van der Waals surface area contributed by atoms with Gasteiger partial charge in [-0.25, -0.2) is 4.39 Å². The zero-order valence-electron chi connectivity index (χ0n) is 13.5. The molecule has 0 bridgehead atoms. The van der Waals surface area contributed by atoms with E-state index in [2.05, 4.69) is 0 Å². The summed E-state index contributed by atoms with van der Waals surface area (Å²) in [7, 11) is -0.993. The van der Waals surface area contributed by atoms with Crippen LogP contribution in [0.1, 0.15) is 39.5 Å². The second kappa shape index (κ2) is 5.25. The first-order chi connectivity index (χ1) is 10.2. The van der Waals surface area contributed by atoms with E-state index in [9.17, 15) is 4.39 Å². The first kappa shape index (κ1) is 15.8. The van der Waals surface area contributed by atoms with E-state index in [1.807, 2.05) is 33.1 Å². The molecule has 0 unspecified atom stereocenters. The van der Waals surface area contributed by atoms with Crippen LogP contribution < -0.4 is 9.47 Å². The Morgan fingerprint density at radius 3 is 2.36 bits per heavy atom. The van der Waals surface area contributed by atoms with Gasteiger partial charge in [0, 0.05) is 5.38 Å². The molecular formula is C15H20BFO4S. The first-order valence-corrected chi connectivity index (χ1v) is 8.20. The van der Waals surface area contributed by atoms with E-state index in [1.54, 1.807) is 6.92 Å². The Balaban J connectivity index is 1.92. The molecule has 0 atom stereocenters. The first-order valence-electron chi connectivity index (χ1n) is 7.32. The van der Waals surface area contributed by atoms with E-state index < -0.39 is 24.0 Å². The summed E-state index contributed by atoms with van der Waals surface area (Å²) in [5.41, 5.74) is -1.08. The normalized spacial score (nSPS) is 23.5.